The average Bonchev–Trinajstić information content (AvgIpc) is 3.23. The molecular weight excluding hydrogens is 410 g/mol. The number of carbonyl (C=O) groups is 3. The molecule has 1 saturated heterocycles. The van der Waals surface area contributed by atoms with Crippen molar-refractivity contribution < 1.29 is 14.4 Å². The van der Waals surface area contributed by atoms with Gasteiger partial charge in [-0.2, -0.15) is 0 Å². The summed E-state index contributed by atoms with van der Waals surface area (Å²) in [5.41, 5.74) is -0.387. The Kier molecular flexibility index (Phi) is 6.59. The Bertz CT molecular complexity index is 902. The third-order valence-electron chi connectivity index (χ3n) is 5.07. The van der Waals surface area contributed by atoms with E-state index in [1.165, 1.54) is 11.3 Å². The van der Waals surface area contributed by atoms with Gasteiger partial charge in [0.25, 0.3) is 5.91 Å². The molecule has 1 aliphatic heterocycles. The van der Waals surface area contributed by atoms with Crippen LogP contribution in [-0.2, 0) is 21.7 Å². The largest absolute Gasteiger partial charge is 0.336 e. The fraction of sp³-hybridized carbons (Fsp3) is 0.381. The number of halogens is 1. The van der Waals surface area contributed by atoms with E-state index in [-0.39, 0.29) is 18.4 Å². The van der Waals surface area contributed by atoms with Crippen molar-refractivity contribution in [1.29, 1.82) is 0 Å². The molecule has 0 radical (unpaired) electrons. The number of benzene rings is 1. The Morgan fingerprint density at radius 2 is 1.90 bits per heavy atom. The second-order valence-electron chi connectivity index (χ2n) is 6.96. The summed E-state index contributed by atoms with van der Waals surface area (Å²) in [6, 6.07) is 12.3. The fourth-order valence-corrected chi connectivity index (χ4v) is 4.72. The van der Waals surface area contributed by atoms with E-state index in [1.54, 1.807) is 11.0 Å². The van der Waals surface area contributed by atoms with Gasteiger partial charge in [0.2, 0.25) is 5.91 Å². The molecule has 8 heteroatoms. The minimum absolute atomic E-state index is 0.277. The number of urea groups is 1. The third kappa shape index (κ3) is 4.31. The topological polar surface area (TPSA) is 69.7 Å². The van der Waals surface area contributed by atoms with Gasteiger partial charge in [-0.3, -0.25) is 14.5 Å². The van der Waals surface area contributed by atoms with E-state index in [2.05, 4.69) is 5.32 Å². The molecule has 6 nitrogen and oxygen atoms in total. The number of nitrogens with zero attached hydrogens (tertiary/aromatic N) is 2. The zero-order chi connectivity index (χ0) is 21.0. The number of nitrogens with one attached hydrogen (secondary N) is 1. The lowest BCUT2D eigenvalue weighted by molar-refractivity contribution is -0.139. The van der Waals surface area contributed by atoms with Gasteiger partial charge in [0.15, 0.2) is 0 Å². The first-order valence-electron chi connectivity index (χ1n) is 9.63. The number of carbonyl (C=O) groups excluding carboxylic acids is 3. The fourth-order valence-electron chi connectivity index (χ4n) is 3.61. The van der Waals surface area contributed by atoms with Crippen LogP contribution in [0, 0.1) is 0 Å². The molecule has 1 atom stereocenters. The molecule has 0 unspecified atom stereocenters. The second-order valence-corrected chi connectivity index (χ2v) is 8.76. The van der Waals surface area contributed by atoms with Crippen molar-refractivity contribution in [1.82, 2.24) is 15.1 Å². The molecule has 2 aromatic rings. The molecule has 0 aliphatic carbocycles. The number of imide groups is 1. The van der Waals surface area contributed by atoms with Gasteiger partial charge in [0, 0.05) is 11.4 Å². The van der Waals surface area contributed by atoms with Gasteiger partial charge in [-0.05, 0) is 31.0 Å². The monoisotopic (exact) mass is 433 g/mol. The summed E-state index contributed by atoms with van der Waals surface area (Å²) in [4.78, 5) is 42.4. The highest BCUT2D eigenvalue weighted by Crippen LogP contribution is 2.33. The van der Waals surface area contributed by atoms with Gasteiger partial charge in [-0.15, -0.1) is 11.3 Å². The summed E-state index contributed by atoms with van der Waals surface area (Å²) in [6.45, 7) is 4.41. The van der Waals surface area contributed by atoms with Crippen LogP contribution in [0.15, 0.2) is 42.5 Å². The molecule has 2 heterocycles. The molecule has 1 N–H and O–H groups in total. The van der Waals surface area contributed by atoms with Crippen molar-refractivity contribution in [3.05, 3.63) is 57.2 Å². The smallest absolute Gasteiger partial charge is 0.325 e. The van der Waals surface area contributed by atoms with Crippen LogP contribution in [0.4, 0.5) is 4.79 Å². The molecular formula is C21H24ClN3O3S. The normalized spacial score (nSPS) is 18.8. The van der Waals surface area contributed by atoms with Crippen molar-refractivity contribution in [2.24, 2.45) is 0 Å². The molecule has 154 valence electrons. The zero-order valence-electron chi connectivity index (χ0n) is 16.5. The molecule has 1 fully saturated rings. The molecule has 1 aliphatic rings. The summed E-state index contributed by atoms with van der Waals surface area (Å²) in [5.74, 6) is -0.653. The Morgan fingerprint density at radius 1 is 1.17 bits per heavy atom. The Labute approximate surface area is 179 Å². The highest BCUT2D eigenvalue weighted by atomic mass is 35.5. The lowest BCUT2D eigenvalue weighted by Gasteiger charge is -2.27. The van der Waals surface area contributed by atoms with Gasteiger partial charge in [-0.25, -0.2) is 4.79 Å². The Balaban J connectivity index is 1.79. The lowest BCUT2D eigenvalue weighted by Crippen LogP contribution is -2.45. The van der Waals surface area contributed by atoms with Crippen LogP contribution < -0.4 is 5.32 Å². The van der Waals surface area contributed by atoms with Crippen LogP contribution in [-0.4, -0.2) is 40.7 Å². The van der Waals surface area contributed by atoms with Crippen molar-refractivity contribution >= 4 is 40.8 Å². The Morgan fingerprint density at radius 3 is 2.48 bits per heavy atom. The highest BCUT2D eigenvalue weighted by molar-refractivity contribution is 7.16. The SMILES string of the molecule is CCC[C@]1(c2ccccc2)NC(=O)N(CC(=O)N(CC)Cc2ccc(Cl)s2)C1=O. The predicted octanol–water partition coefficient (Wildman–Crippen LogP) is 4.00. The van der Waals surface area contributed by atoms with Crippen LogP contribution in [0.1, 0.15) is 37.1 Å². The van der Waals surface area contributed by atoms with Crippen LogP contribution in [0.3, 0.4) is 0 Å². The maximum atomic E-state index is 13.3. The molecule has 0 bridgehead atoms. The number of amides is 4. The maximum absolute atomic E-state index is 13.3. The molecule has 1 aromatic carbocycles. The average molecular weight is 434 g/mol. The van der Waals surface area contributed by atoms with E-state index in [1.807, 2.05) is 50.2 Å². The summed E-state index contributed by atoms with van der Waals surface area (Å²) in [6.07, 6.45) is 1.18. The quantitative estimate of drug-likeness (QED) is 0.640. The third-order valence-corrected chi connectivity index (χ3v) is 6.29. The van der Waals surface area contributed by atoms with E-state index in [0.717, 1.165) is 15.3 Å². The second kappa shape index (κ2) is 8.97. The lowest BCUT2D eigenvalue weighted by atomic mass is 9.85. The summed E-state index contributed by atoms with van der Waals surface area (Å²) in [7, 11) is 0. The number of hydrogen-bond donors (Lipinski definition) is 1. The van der Waals surface area contributed by atoms with Crippen LogP contribution in [0.5, 0.6) is 0 Å². The van der Waals surface area contributed by atoms with Crippen molar-refractivity contribution in [3.8, 4) is 0 Å². The number of thiophene rings is 1. The maximum Gasteiger partial charge on any atom is 0.325 e. The van der Waals surface area contributed by atoms with E-state index >= 15 is 0 Å². The number of rotatable bonds is 8. The van der Waals surface area contributed by atoms with Crippen molar-refractivity contribution in [2.75, 3.05) is 13.1 Å². The first kappa shape index (κ1) is 21.3. The first-order valence-corrected chi connectivity index (χ1v) is 10.8. The van der Waals surface area contributed by atoms with Gasteiger partial charge < -0.3 is 10.2 Å². The molecule has 3 rings (SSSR count). The molecule has 29 heavy (non-hydrogen) atoms. The molecule has 1 aromatic heterocycles. The van der Waals surface area contributed by atoms with E-state index in [4.69, 9.17) is 11.6 Å². The van der Waals surface area contributed by atoms with Crippen LogP contribution in [0.25, 0.3) is 0 Å². The summed E-state index contributed by atoms with van der Waals surface area (Å²) < 4.78 is 0.657. The van der Waals surface area contributed by atoms with E-state index < -0.39 is 11.6 Å². The van der Waals surface area contributed by atoms with Gasteiger partial charge in [-0.1, -0.05) is 55.3 Å². The van der Waals surface area contributed by atoms with Gasteiger partial charge in [0.05, 0.1) is 10.9 Å². The first-order chi connectivity index (χ1) is 13.9. The van der Waals surface area contributed by atoms with Crippen molar-refractivity contribution in [3.63, 3.8) is 0 Å². The number of likely N-dealkylation sites (N-methyl/N-ethyl adjacent to an activating group) is 1. The van der Waals surface area contributed by atoms with Gasteiger partial charge >= 0.3 is 6.03 Å². The standard InChI is InChI=1S/C21H24ClN3O3S/c1-3-12-21(15-8-6-5-7-9-15)19(27)25(20(28)23-21)14-18(26)24(4-2)13-16-10-11-17(22)29-16/h5-11H,3-4,12-14H2,1-2H3,(H,23,28)/t21-/m1/s1. The molecule has 0 saturated carbocycles. The summed E-state index contributed by atoms with van der Waals surface area (Å²) in [5, 5.41) is 2.85. The van der Waals surface area contributed by atoms with Gasteiger partial charge in [0.1, 0.15) is 12.1 Å². The highest BCUT2D eigenvalue weighted by Gasteiger charge is 2.52. The number of hydrogen-bond acceptors (Lipinski definition) is 4. The minimum Gasteiger partial charge on any atom is -0.336 e. The van der Waals surface area contributed by atoms with E-state index in [9.17, 15) is 14.4 Å². The summed E-state index contributed by atoms with van der Waals surface area (Å²) >= 11 is 7.38. The van der Waals surface area contributed by atoms with Crippen LogP contribution in [0.2, 0.25) is 4.34 Å². The zero-order valence-corrected chi connectivity index (χ0v) is 18.1. The van der Waals surface area contributed by atoms with E-state index in [0.29, 0.717) is 30.3 Å². The Hall–Kier alpha value is -2.38. The predicted molar refractivity (Wildman–Crippen MR) is 114 cm³/mol. The minimum atomic E-state index is -1.12. The van der Waals surface area contributed by atoms with Crippen molar-refractivity contribution in [2.45, 2.75) is 38.8 Å². The molecule has 0 spiro atoms. The van der Waals surface area contributed by atoms with Crippen LogP contribution >= 0.6 is 22.9 Å². The molecule has 4 amide bonds.